The third-order valence-corrected chi connectivity index (χ3v) is 7.09. The molecule has 2 aliphatic heterocycles. The fourth-order valence-corrected chi connectivity index (χ4v) is 5.07. The van der Waals surface area contributed by atoms with Gasteiger partial charge in [-0.05, 0) is 79.0 Å². The standard InChI is InChI=1S/C26H28F3N5O3S/c1-17-4-3-12-32(15-17)13-10-23(35)31-22-14-19(9-11-30-22)16-33-18(2)24(36)34(25(33)37)20-5-7-21(8-6-20)38-26(27,28)29/h5-9,11,14,17H,2-4,10,12-13,15-16H2,1H3,(H,30,31,35). The van der Waals surface area contributed by atoms with E-state index in [0.29, 0.717) is 30.3 Å². The van der Waals surface area contributed by atoms with Gasteiger partial charge in [-0.1, -0.05) is 13.5 Å². The fourth-order valence-electron chi connectivity index (χ4n) is 4.53. The van der Waals surface area contributed by atoms with Gasteiger partial charge in [0.05, 0.1) is 12.2 Å². The maximum absolute atomic E-state index is 13.1. The largest absolute Gasteiger partial charge is 0.446 e. The molecule has 2 fully saturated rings. The lowest BCUT2D eigenvalue weighted by Crippen LogP contribution is -2.36. The predicted octanol–water partition coefficient (Wildman–Crippen LogP) is 5.24. The van der Waals surface area contributed by atoms with Crippen LogP contribution < -0.4 is 10.2 Å². The lowest BCUT2D eigenvalue weighted by molar-refractivity contribution is -0.116. The van der Waals surface area contributed by atoms with Crippen molar-refractivity contribution in [2.45, 2.75) is 43.1 Å². The maximum Gasteiger partial charge on any atom is 0.446 e. The van der Waals surface area contributed by atoms with E-state index in [2.05, 4.69) is 28.7 Å². The Morgan fingerprint density at radius 2 is 1.95 bits per heavy atom. The number of piperidine rings is 1. The minimum atomic E-state index is -4.44. The van der Waals surface area contributed by atoms with Crippen molar-refractivity contribution in [3.05, 3.63) is 60.4 Å². The normalized spacial score (nSPS) is 18.8. The lowest BCUT2D eigenvalue weighted by atomic mass is 10.0. The highest BCUT2D eigenvalue weighted by Gasteiger charge is 2.41. The van der Waals surface area contributed by atoms with Gasteiger partial charge in [0.25, 0.3) is 5.91 Å². The topological polar surface area (TPSA) is 85.9 Å². The molecule has 8 nitrogen and oxygen atoms in total. The number of thioether (sulfide) groups is 1. The average molecular weight is 548 g/mol. The Hall–Kier alpha value is -3.38. The zero-order chi connectivity index (χ0) is 27.4. The number of rotatable bonds is 8. The molecule has 4 rings (SSSR count). The molecule has 1 unspecified atom stereocenters. The van der Waals surface area contributed by atoms with Crippen molar-refractivity contribution in [2.75, 3.05) is 29.9 Å². The Bertz CT molecular complexity index is 1220. The zero-order valence-corrected chi connectivity index (χ0v) is 21.6. The second-order valence-electron chi connectivity index (χ2n) is 9.39. The van der Waals surface area contributed by atoms with Gasteiger partial charge < -0.3 is 10.2 Å². The van der Waals surface area contributed by atoms with E-state index in [1.807, 2.05) is 0 Å². The molecule has 1 atom stereocenters. The van der Waals surface area contributed by atoms with Crippen molar-refractivity contribution >= 4 is 41.1 Å². The molecule has 1 N–H and O–H groups in total. The fraction of sp³-hybridized carbons (Fsp3) is 0.385. The monoisotopic (exact) mass is 547 g/mol. The molecule has 0 aliphatic carbocycles. The first kappa shape index (κ1) is 27.6. The van der Waals surface area contributed by atoms with Crippen molar-refractivity contribution < 1.29 is 27.6 Å². The van der Waals surface area contributed by atoms with E-state index in [1.165, 1.54) is 41.8 Å². The summed E-state index contributed by atoms with van der Waals surface area (Å²) < 4.78 is 37.8. The van der Waals surface area contributed by atoms with E-state index in [4.69, 9.17) is 0 Å². The number of imide groups is 1. The molecule has 2 saturated heterocycles. The van der Waals surface area contributed by atoms with Gasteiger partial charge in [-0.15, -0.1) is 0 Å². The van der Waals surface area contributed by atoms with Gasteiger partial charge in [0.2, 0.25) is 5.91 Å². The predicted molar refractivity (Wildman–Crippen MR) is 138 cm³/mol. The number of carbonyl (C=O) groups is 3. The highest BCUT2D eigenvalue weighted by molar-refractivity contribution is 8.00. The molecule has 0 spiro atoms. The summed E-state index contributed by atoms with van der Waals surface area (Å²) in [6, 6.07) is 7.57. The van der Waals surface area contributed by atoms with Gasteiger partial charge in [0.1, 0.15) is 11.5 Å². The summed E-state index contributed by atoms with van der Waals surface area (Å²) in [5.41, 5.74) is -3.76. The molecule has 3 heterocycles. The van der Waals surface area contributed by atoms with E-state index in [1.54, 1.807) is 12.1 Å². The molecule has 0 bridgehead atoms. The first-order valence-electron chi connectivity index (χ1n) is 12.2. The number of nitrogens with one attached hydrogen (secondary N) is 1. The first-order chi connectivity index (χ1) is 18.0. The number of alkyl halides is 3. The number of aromatic nitrogens is 1. The van der Waals surface area contributed by atoms with E-state index in [9.17, 15) is 27.6 Å². The highest BCUT2D eigenvalue weighted by Crippen LogP contribution is 2.38. The van der Waals surface area contributed by atoms with Crippen LogP contribution in [0, 0.1) is 5.92 Å². The Kier molecular flexibility index (Phi) is 8.41. The van der Waals surface area contributed by atoms with Crippen LogP contribution in [0.5, 0.6) is 0 Å². The van der Waals surface area contributed by atoms with Crippen LogP contribution in [0.15, 0.2) is 59.8 Å². The maximum atomic E-state index is 13.1. The molecule has 12 heteroatoms. The van der Waals surface area contributed by atoms with E-state index in [0.717, 1.165) is 24.4 Å². The van der Waals surface area contributed by atoms with Crippen LogP contribution in [0.1, 0.15) is 31.7 Å². The third-order valence-electron chi connectivity index (χ3n) is 6.36. The summed E-state index contributed by atoms with van der Waals surface area (Å²) in [5, 5.41) is 2.78. The Balaban J connectivity index is 1.37. The SMILES string of the molecule is C=C1C(=O)N(c2ccc(SC(F)(F)F)cc2)C(=O)N1Cc1ccnc(NC(=O)CCN2CCCC(C)C2)c1. The van der Waals surface area contributed by atoms with Crippen molar-refractivity contribution in [3.63, 3.8) is 0 Å². The number of likely N-dealkylation sites (tertiary alicyclic amines) is 1. The van der Waals surface area contributed by atoms with Crippen molar-refractivity contribution in [2.24, 2.45) is 5.92 Å². The van der Waals surface area contributed by atoms with Crippen LogP contribution in [0.25, 0.3) is 0 Å². The van der Waals surface area contributed by atoms with Gasteiger partial charge in [0.15, 0.2) is 0 Å². The number of amides is 4. The number of hydrogen-bond acceptors (Lipinski definition) is 6. The van der Waals surface area contributed by atoms with E-state index >= 15 is 0 Å². The molecule has 1 aromatic heterocycles. The number of halogens is 3. The summed E-state index contributed by atoms with van der Waals surface area (Å²) >= 11 is -0.283. The summed E-state index contributed by atoms with van der Waals surface area (Å²) in [7, 11) is 0. The van der Waals surface area contributed by atoms with Crippen molar-refractivity contribution in [1.29, 1.82) is 0 Å². The smallest absolute Gasteiger partial charge is 0.311 e. The van der Waals surface area contributed by atoms with Crippen LogP contribution in [0.4, 0.5) is 29.5 Å². The number of benzene rings is 1. The molecular formula is C26H28F3N5O3S. The first-order valence-corrected chi connectivity index (χ1v) is 13.0. The number of anilines is 2. The van der Waals surface area contributed by atoms with Crippen LogP contribution >= 0.6 is 11.8 Å². The molecule has 1 aromatic carbocycles. The summed E-state index contributed by atoms with van der Waals surface area (Å²) in [4.78, 5) is 46.8. The van der Waals surface area contributed by atoms with Gasteiger partial charge >= 0.3 is 11.5 Å². The van der Waals surface area contributed by atoms with E-state index in [-0.39, 0.29) is 40.5 Å². The van der Waals surface area contributed by atoms with Crippen molar-refractivity contribution in [1.82, 2.24) is 14.8 Å². The van der Waals surface area contributed by atoms with Crippen LogP contribution in [0.3, 0.4) is 0 Å². The van der Waals surface area contributed by atoms with E-state index < -0.39 is 17.4 Å². The van der Waals surface area contributed by atoms with Crippen LogP contribution in [-0.2, 0) is 16.1 Å². The molecular weight excluding hydrogens is 519 g/mol. The van der Waals surface area contributed by atoms with Crippen molar-refractivity contribution in [3.8, 4) is 0 Å². The molecule has 2 aliphatic rings. The van der Waals surface area contributed by atoms with Crippen LogP contribution in [0.2, 0.25) is 0 Å². The number of pyridine rings is 1. The average Bonchev–Trinajstić information content (AvgIpc) is 3.06. The minimum Gasteiger partial charge on any atom is -0.311 e. The quantitative estimate of drug-likeness (QED) is 0.277. The van der Waals surface area contributed by atoms with Gasteiger partial charge in [-0.3, -0.25) is 14.5 Å². The number of urea groups is 1. The number of nitrogens with zero attached hydrogens (tertiary/aromatic N) is 4. The number of hydrogen-bond donors (Lipinski definition) is 1. The number of carbonyl (C=O) groups excluding carboxylic acids is 3. The lowest BCUT2D eigenvalue weighted by Gasteiger charge is -2.30. The Morgan fingerprint density at radius 3 is 2.63 bits per heavy atom. The summed E-state index contributed by atoms with van der Waals surface area (Å²) in [5.74, 6) is 0.130. The molecule has 202 valence electrons. The molecule has 0 saturated carbocycles. The Morgan fingerprint density at radius 1 is 1.21 bits per heavy atom. The third kappa shape index (κ3) is 6.93. The summed E-state index contributed by atoms with van der Waals surface area (Å²) in [6.07, 6.45) is 4.18. The highest BCUT2D eigenvalue weighted by atomic mass is 32.2. The zero-order valence-electron chi connectivity index (χ0n) is 20.8. The minimum absolute atomic E-state index is 0.00102. The van der Waals surface area contributed by atoms with Crippen LogP contribution in [-0.4, -0.2) is 57.8 Å². The Labute approximate surface area is 222 Å². The second-order valence-corrected chi connectivity index (χ2v) is 10.5. The molecule has 4 amide bonds. The summed E-state index contributed by atoms with van der Waals surface area (Å²) in [6.45, 7) is 8.58. The molecule has 2 aromatic rings. The second kappa shape index (κ2) is 11.6. The molecule has 38 heavy (non-hydrogen) atoms. The van der Waals surface area contributed by atoms with Gasteiger partial charge in [-0.2, -0.15) is 13.2 Å². The molecule has 0 radical (unpaired) electrons. The van der Waals surface area contributed by atoms with Gasteiger partial charge in [0, 0.05) is 30.6 Å². The van der Waals surface area contributed by atoms with Gasteiger partial charge in [-0.25, -0.2) is 14.7 Å².